The lowest BCUT2D eigenvalue weighted by Crippen LogP contribution is -2.34. The van der Waals surface area contributed by atoms with Gasteiger partial charge in [0.1, 0.15) is 10.7 Å². The number of carbonyl (C=O) groups excluding carboxylic acids is 1. The van der Waals surface area contributed by atoms with Crippen molar-refractivity contribution in [3.8, 4) is 0 Å². The fourth-order valence-electron chi connectivity index (χ4n) is 1.87. The van der Waals surface area contributed by atoms with Crippen LogP contribution in [0.5, 0.6) is 0 Å². The van der Waals surface area contributed by atoms with Crippen molar-refractivity contribution in [2.75, 3.05) is 0 Å². The topological polar surface area (TPSA) is 68.3 Å². The Morgan fingerprint density at radius 1 is 1.30 bits per heavy atom. The molecule has 2 rings (SSSR count). The van der Waals surface area contributed by atoms with Gasteiger partial charge in [-0.1, -0.05) is 24.4 Å². The molecule has 0 fully saturated rings. The molecule has 0 saturated carbocycles. The van der Waals surface area contributed by atoms with Crippen LogP contribution in [0, 0.1) is 0 Å². The van der Waals surface area contributed by atoms with Crippen LogP contribution < -0.4 is 11.1 Å². The lowest BCUT2D eigenvalue weighted by molar-refractivity contribution is 0.0939. The Kier molecular flexibility index (Phi) is 4.53. The zero-order valence-corrected chi connectivity index (χ0v) is 11.9. The maximum Gasteiger partial charge on any atom is 0.251 e. The van der Waals surface area contributed by atoms with Crippen LogP contribution >= 0.6 is 12.2 Å². The average molecular weight is 288 g/mol. The molecule has 0 aliphatic rings. The molecule has 2 aromatic rings. The van der Waals surface area contributed by atoms with E-state index in [0.29, 0.717) is 17.0 Å². The van der Waals surface area contributed by atoms with Gasteiger partial charge < -0.3 is 15.5 Å². The summed E-state index contributed by atoms with van der Waals surface area (Å²) in [6, 6.07) is 10.6. The molecule has 3 N–H and O–H groups in total. The van der Waals surface area contributed by atoms with Gasteiger partial charge in [0.25, 0.3) is 5.91 Å². The lowest BCUT2D eigenvalue weighted by atomic mass is 10.1. The van der Waals surface area contributed by atoms with Gasteiger partial charge >= 0.3 is 0 Å². The minimum Gasteiger partial charge on any atom is -0.469 e. The van der Waals surface area contributed by atoms with E-state index in [-0.39, 0.29) is 11.9 Å². The zero-order valence-electron chi connectivity index (χ0n) is 11.1. The third-order valence-corrected chi connectivity index (χ3v) is 3.13. The summed E-state index contributed by atoms with van der Waals surface area (Å²) < 4.78 is 5.25. The minimum atomic E-state index is -0.126. The molecular formula is C15H16N2O2S. The molecule has 0 aliphatic carbocycles. The molecule has 5 heteroatoms. The third kappa shape index (κ3) is 3.68. The van der Waals surface area contributed by atoms with Gasteiger partial charge in [0.2, 0.25) is 0 Å². The van der Waals surface area contributed by atoms with E-state index in [1.165, 1.54) is 0 Å². The molecule has 1 aromatic heterocycles. The van der Waals surface area contributed by atoms with Gasteiger partial charge in [-0.3, -0.25) is 4.79 Å². The van der Waals surface area contributed by atoms with Crippen LogP contribution in [0.15, 0.2) is 47.1 Å². The van der Waals surface area contributed by atoms with E-state index in [2.05, 4.69) is 5.32 Å². The first-order chi connectivity index (χ1) is 9.56. The van der Waals surface area contributed by atoms with Crippen LogP contribution in [0.3, 0.4) is 0 Å². The summed E-state index contributed by atoms with van der Waals surface area (Å²) in [5.41, 5.74) is 6.85. The van der Waals surface area contributed by atoms with E-state index in [4.69, 9.17) is 22.4 Å². The van der Waals surface area contributed by atoms with Crippen molar-refractivity contribution < 1.29 is 9.21 Å². The number of hydrogen-bond acceptors (Lipinski definition) is 3. The Morgan fingerprint density at radius 2 is 1.95 bits per heavy atom. The second-order valence-corrected chi connectivity index (χ2v) is 5.04. The second-order valence-electron chi connectivity index (χ2n) is 4.60. The van der Waals surface area contributed by atoms with E-state index >= 15 is 0 Å². The standard InChI is InChI=1S/C15H16N2O2S/c1-10(9-13-3-2-8-19-13)17-15(18)12-6-4-11(5-7-12)14(16)20/h2-8,10H,9H2,1H3,(H2,16,20)(H,17,18). The maximum atomic E-state index is 12.1. The highest BCUT2D eigenvalue weighted by Gasteiger charge is 2.11. The highest BCUT2D eigenvalue weighted by atomic mass is 32.1. The molecule has 4 nitrogen and oxygen atoms in total. The number of rotatable bonds is 5. The van der Waals surface area contributed by atoms with Crippen molar-refractivity contribution in [1.82, 2.24) is 5.32 Å². The molecule has 0 spiro atoms. The molecular weight excluding hydrogens is 272 g/mol. The molecule has 1 unspecified atom stereocenters. The van der Waals surface area contributed by atoms with Gasteiger partial charge in [-0.25, -0.2) is 0 Å². The average Bonchev–Trinajstić information content (AvgIpc) is 2.91. The fourth-order valence-corrected chi connectivity index (χ4v) is 2.01. The van der Waals surface area contributed by atoms with Crippen LogP contribution in [-0.2, 0) is 6.42 Å². The van der Waals surface area contributed by atoms with Crippen LogP contribution in [0.4, 0.5) is 0 Å². The highest BCUT2D eigenvalue weighted by Crippen LogP contribution is 2.07. The predicted molar refractivity (Wildman–Crippen MR) is 81.7 cm³/mol. The summed E-state index contributed by atoms with van der Waals surface area (Å²) in [5.74, 6) is 0.722. The quantitative estimate of drug-likeness (QED) is 0.828. The van der Waals surface area contributed by atoms with Gasteiger partial charge in [-0.15, -0.1) is 0 Å². The maximum absolute atomic E-state index is 12.1. The summed E-state index contributed by atoms with van der Waals surface area (Å²) >= 11 is 4.87. The van der Waals surface area contributed by atoms with E-state index in [9.17, 15) is 4.79 Å². The van der Waals surface area contributed by atoms with Crippen molar-refractivity contribution in [3.63, 3.8) is 0 Å². The normalized spacial score (nSPS) is 11.8. The predicted octanol–water partition coefficient (Wildman–Crippen LogP) is 2.27. The Balaban J connectivity index is 1.95. The Bertz CT molecular complexity index is 591. The van der Waals surface area contributed by atoms with Crippen molar-refractivity contribution in [2.24, 2.45) is 5.73 Å². The molecule has 0 aliphatic heterocycles. The molecule has 0 saturated heterocycles. The Hall–Kier alpha value is -2.14. The summed E-state index contributed by atoms with van der Waals surface area (Å²) in [5, 5.41) is 2.92. The number of amides is 1. The van der Waals surface area contributed by atoms with Crippen molar-refractivity contribution in [2.45, 2.75) is 19.4 Å². The zero-order chi connectivity index (χ0) is 14.5. The van der Waals surface area contributed by atoms with Gasteiger partial charge in [0.15, 0.2) is 0 Å². The lowest BCUT2D eigenvalue weighted by Gasteiger charge is -2.12. The van der Waals surface area contributed by atoms with Crippen molar-refractivity contribution >= 4 is 23.1 Å². The van der Waals surface area contributed by atoms with Crippen molar-refractivity contribution in [3.05, 3.63) is 59.5 Å². The first kappa shape index (κ1) is 14.3. The third-order valence-electron chi connectivity index (χ3n) is 2.90. The molecule has 1 atom stereocenters. The van der Waals surface area contributed by atoms with Gasteiger partial charge in [-0.2, -0.15) is 0 Å². The number of thiocarbonyl (C=S) groups is 1. The van der Waals surface area contributed by atoms with E-state index < -0.39 is 0 Å². The second kappa shape index (κ2) is 6.34. The largest absolute Gasteiger partial charge is 0.469 e. The van der Waals surface area contributed by atoms with Gasteiger partial charge in [0, 0.05) is 23.6 Å². The Morgan fingerprint density at radius 3 is 2.50 bits per heavy atom. The Labute approximate surface area is 123 Å². The van der Waals surface area contributed by atoms with E-state index in [1.807, 2.05) is 19.1 Å². The molecule has 20 heavy (non-hydrogen) atoms. The van der Waals surface area contributed by atoms with Crippen LogP contribution in [-0.4, -0.2) is 16.9 Å². The highest BCUT2D eigenvalue weighted by molar-refractivity contribution is 7.80. The van der Waals surface area contributed by atoms with Gasteiger partial charge in [0.05, 0.1) is 6.26 Å². The molecule has 1 heterocycles. The number of benzene rings is 1. The number of furan rings is 1. The van der Waals surface area contributed by atoms with Crippen LogP contribution in [0.1, 0.15) is 28.6 Å². The van der Waals surface area contributed by atoms with E-state index in [1.54, 1.807) is 30.5 Å². The molecule has 0 radical (unpaired) electrons. The molecule has 0 bridgehead atoms. The number of hydrogen-bond donors (Lipinski definition) is 2. The number of nitrogens with one attached hydrogen (secondary N) is 1. The minimum absolute atomic E-state index is 0.0103. The first-order valence-electron chi connectivity index (χ1n) is 6.29. The van der Waals surface area contributed by atoms with E-state index in [0.717, 1.165) is 11.3 Å². The summed E-state index contributed by atoms with van der Waals surface area (Å²) in [6.45, 7) is 1.93. The monoisotopic (exact) mass is 288 g/mol. The van der Waals surface area contributed by atoms with Crippen LogP contribution in [0.25, 0.3) is 0 Å². The summed E-state index contributed by atoms with van der Waals surface area (Å²) in [4.78, 5) is 12.4. The smallest absolute Gasteiger partial charge is 0.251 e. The molecule has 1 aromatic carbocycles. The van der Waals surface area contributed by atoms with Crippen molar-refractivity contribution in [1.29, 1.82) is 0 Å². The summed E-state index contributed by atoms with van der Waals surface area (Å²) in [7, 11) is 0. The number of carbonyl (C=O) groups is 1. The summed E-state index contributed by atoms with van der Waals surface area (Å²) in [6.07, 6.45) is 2.28. The number of nitrogens with two attached hydrogens (primary N) is 1. The van der Waals surface area contributed by atoms with Gasteiger partial charge in [-0.05, 0) is 31.2 Å². The SMILES string of the molecule is CC(Cc1ccco1)NC(=O)c1ccc(C(N)=S)cc1. The fraction of sp³-hybridized carbons (Fsp3) is 0.200. The molecule has 104 valence electrons. The first-order valence-corrected chi connectivity index (χ1v) is 6.70. The van der Waals surface area contributed by atoms with Crippen LogP contribution in [0.2, 0.25) is 0 Å². The molecule has 1 amide bonds.